The van der Waals surface area contributed by atoms with Crippen LogP contribution in [0.3, 0.4) is 0 Å². The fourth-order valence-corrected chi connectivity index (χ4v) is 3.26. The van der Waals surface area contributed by atoms with Crippen molar-refractivity contribution < 1.29 is 127 Å². The summed E-state index contributed by atoms with van der Waals surface area (Å²) in [4.78, 5) is 25.6. The van der Waals surface area contributed by atoms with Gasteiger partial charge in [0.25, 0.3) is 0 Å². The van der Waals surface area contributed by atoms with Crippen LogP contribution in [0.25, 0.3) is 0 Å². The predicted octanol–water partition coefficient (Wildman–Crippen LogP) is -6.17. The smallest absolute Gasteiger partial charge is 0.822 e. The van der Waals surface area contributed by atoms with Crippen LogP contribution in [0.2, 0.25) is 0 Å². The number of hydrogen-bond donors (Lipinski definition) is 0. The summed E-state index contributed by atoms with van der Waals surface area (Å²) in [6.45, 7) is 6.20. The van der Waals surface area contributed by atoms with E-state index in [1.54, 1.807) is 0 Å². The molecule has 0 aliphatic carbocycles. The summed E-state index contributed by atoms with van der Waals surface area (Å²) < 4.78 is 8.55. The molecule has 0 aliphatic heterocycles. The Balaban J connectivity index is -0.000000155. The third-order valence-electron chi connectivity index (χ3n) is 4.85. The molecule has 0 bridgehead atoms. The normalized spacial score (nSPS) is 9.84. The summed E-state index contributed by atoms with van der Waals surface area (Å²) in [5, 5.41) is 0. The zero-order valence-electron chi connectivity index (χ0n) is 21.9. The van der Waals surface area contributed by atoms with Gasteiger partial charge in [0.05, 0.1) is 0 Å². The Kier molecular flexibility index (Phi) is 62.6. The maximum Gasteiger partial charge on any atom is 1.00 e. The van der Waals surface area contributed by atoms with Crippen LogP contribution in [-0.2, 0) is 4.57 Å². The van der Waals surface area contributed by atoms with E-state index in [1.165, 1.54) is 122 Å². The first kappa shape index (κ1) is 47.7. The molecule has 0 unspecified atom stereocenters. The van der Waals surface area contributed by atoms with E-state index in [2.05, 4.69) is 13.8 Å². The first-order chi connectivity index (χ1) is 12.9. The summed E-state index contributed by atoms with van der Waals surface area (Å²) in [5.74, 6) is 0. The summed E-state index contributed by atoms with van der Waals surface area (Å²) >= 11 is 0. The molecule has 0 radical (unpaired) electrons. The summed E-state index contributed by atoms with van der Waals surface area (Å²) in [6.07, 6.45) is 28.8. The minimum Gasteiger partial charge on any atom is -0.822 e. The average molecular weight is 464 g/mol. The van der Waals surface area contributed by atoms with Crippen LogP contribution in [0.5, 0.6) is 0 Å². The Bertz CT molecular complexity index is 297. The molecule has 4 nitrogen and oxygen atoms in total. The van der Waals surface area contributed by atoms with Gasteiger partial charge in [0.15, 0.2) is 0 Å². The number of rotatable bonds is 19. The molecule has 0 aromatic carbocycles. The average Bonchev–Trinajstić information content (AvgIpc) is 2.59. The van der Waals surface area contributed by atoms with Crippen molar-refractivity contribution in [1.29, 1.82) is 0 Å². The van der Waals surface area contributed by atoms with Crippen molar-refractivity contribution in [2.45, 2.75) is 135 Å². The molecule has 0 heterocycles. The van der Waals surface area contributed by atoms with Crippen LogP contribution < -0.4 is 123 Å². The molecule has 0 atom stereocenters. The minimum atomic E-state index is -5.39. The van der Waals surface area contributed by atoms with Crippen molar-refractivity contribution >= 4 is 7.82 Å². The number of unbranched alkanes of at least 4 members (excludes halogenated alkanes) is 19. The van der Waals surface area contributed by atoms with Gasteiger partial charge in [0.2, 0.25) is 0 Å². The maximum atomic E-state index is 8.55. The van der Waals surface area contributed by atoms with E-state index < -0.39 is 7.82 Å². The van der Waals surface area contributed by atoms with Gasteiger partial charge in [0, 0.05) is 0 Å². The maximum absolute atomic E-state index is 8.55. The largest absolute Gasteiger partial charge is 1.00 e. The molecule has 0 aliphatic rings. The molecule has 31 heavy (non-hydrogen) atoms. The minimum absolute atomic E-state index is 0. The van der Waals surface area contributed by atoms with Gasteiger partial charge < -0.3 is 26.2 Å². The predicted molar refractivity (Wildman–Crippen MR) is 111 cm³/mol. The molecule has 0 saturated carbocycles. The second-order valence-electron chi connectivity index (χ2n) is 7.66. The van der Waals surface area contributed by atoms with Crippen LogP contribution in [0.15, 0.2) is 0 Å². The SMILES string of the molecule is O=P([O-])([O-])[O-].[CH2-]CCCCCCCCCCCCCCCCCCCCC.[K+].[Li+].[Li+].[Li+]. The molecule has 0 N–H and O–H groups in total. The van der Waals surface area contributed by atoms with Crippen molar-refractivity contribution in [3.63, 3.8) is 0 Å². The van der Waals surface area contributed by atoms with E-state index in [1.807, 2.05) is 0 Å². The van der Waals surface area contributed by atoms with Gasteiger partial charge in [-0.15, -0.1) is 0 Å². The quantitative estimate of drug-likeness (QED) is 0.0824. The molecule has 0 aromatic heterocycles. The van der Waals surface area contributed by atoms with Crippen LogP contribution in [0, 0.1) is 6.92 Å². The Hall–Kier alpha value is 3.54. The van der Waals surface area contributed by atoms with E-state index in [9.17, 15) is 0 Å². The summed E-state index contributed by atoms with van der Waals surface area (Å²) in [5.41, 5.74) is 0. The Morgan fingerprint density at radius 3 is 0.839 bits per heavy atom. The van der Waals surface area contributed by atoms with Gasteiger partial charge in [-0.3, -0.25) is 0 Å². The van der Waals surface area contributed by atoms with E-state index in [0.29, 0.717) is 0 Å². The summed E-state index contributed by atoms with van der Waals surface area (Å²) in [7, 11) is -5.39. The van der Waals surface area contributed by atoms with Crippen LogP contribution in [-0.4, -0.2) is 0 Å². The first-order valence-corrected chi connectivity index (χ1v) is 12.9. The van der Waals surface area contributed by atoms with Gasteiger partial charge >= 0.3 is 108 Å². The molecular formula is C22H45KLi3O4P. The fourth-order valence-electron chi connectivity index (χ4n) is 3.26. The number of hydrogen-bond acceptors (Lipinski definition) is 4. The Labute approximate surface area is 273 Å². The van der Waals surface area contributed by atoms with Gasteiger partial charge in [-0.05, 0) is 0 Å². The van der Waals surface area contributed by atoms with E-state index >= 15 is 0 Å². The fraction of sp³-hybridized carbons (Fsp3) is 0.955. The first-order valence-electron chi connectivity index (χ1n) is 11.4. The third-order valence-corrected chi connectivity index (χ3v) is 4.85. The van der Waals surface area contributed by atoms with E-state index in [4.69, 9.17) is 19.2 Å². The molecule has 0 rings (SSSR count). The van der Waals surface area contributed by atoms with Gasteiger partial charge in [-0.25, -0.2) is 0 Å². The monoisotopic (exact) mass is 464 g/mol. The van der Waals surface area contributed by atoms with Crippen LogP contribution >= 0.6 is 7.82 Å². The second-order valence-corrected chi connectivity index (χ2v) is 8.56. The Morgan fingerprint density at radius 2 is 0.677 bits per heavy atom. The van der Waals surface area contributed by atoms with Crippen molar-refractivity contribution in [1.82, 2.24) is 0 Å². The molecule has 9 heteroatoms. The molecule has 0 aromatic rings. The second kappa shape index (κ2) is 40.7. The number of phosphoric acid groups is 1. The molecule has 0 spiro atoms. The van der Waals surface area contributed by atoms with Crippen LogP contribution in [0.4, 0.5) is 0 Å². The topological polar surface area (TPSA) is 86.2 Å². The van der Waals surface area contributed by atoms with Crippen molar-refractivity contribution in [3.05, 3.63) is 6.92 Å². The molecule has 0 amide bonds. The third kappa shape index (κ3) is 65.7. The van der Waals surface area contributed by atoms with Gasteiger partial charge in [-0.1, -0.05) is 129 Å². The zero-order chi connectivity index (χ0) is 20.6. The van der Waals surface area contributed by atoms with Crippen molar-refractivity contribution in [2.75, 3.05) is 0 Å². The van der Waals surface area contributed by atoms with Gasteiger partial charge in [0.1, 0.15) is 0 Å². The summed E-state index contributed by atoms with van der Waals surface area (Å²) in [6, 6.07) is 0. The Morgan fingerprint density at radius 1 is 0.516 bits per heavy atom. The van der Waals surface area contributed by atoms with Crippen molar-refractivity contribution in [2.24, 2.45) is 0 Å². The van der Waals surface area contributed by atoms with E-state index in [0.717, 1.165) is 6.42 Å². The van der Waals surface area contributed by atoms with Crippen molar-refractivity contribution in [3.8, 4) is 0 Å². The van der Waals surface area contributed by atoms with Gasteiger partial charge in [-0.2, -0.15) is 14.2 Å². The molecule has 0 fully saturated rings. The standard InChI is InChI=1S/C22H45.K.3Li.H3O4P/c1-3-5-7-9-11-13-15-17-19-21-22-20-18-16-14-12-10-8-6-4-2;;;;;1-5(2,3)4/h1,3-22H2,2H3;;;;;(H3,1,2,3,4)/q-1;4*+1;/p-3. The molecular weight excluding hydrogens is 419 g/mol. The zero-order valence-corrected chi connectivity index (χ0v) is 25.9. The van der Waals surface area contributed by atoms with E-state index in [-0.39, 0.29) is 108 Å². The molecule has 0 saturated heterocycles. The van der Waals surface area contributed by atoms with Crippen LogP contribution in [0.1, 0.15) is 135 Å². The molecule has 166 valence electrons.